The highest BCUT2D eigenvalue weighted by Crippen LogP contribution is 2.44. The third-order valence-electron chi connectivity index (χ3n) is 9.93. The molecule has 0 fully saturated rings. The normalized spacial score (nSPS) is 12.3. The van der Waals surface area contributed by atoms with Crippen LogP contribution in [0.2, 0.25) is 0 Å². The van der Waals surface area contributed by atoms with Gasteiger partial charge in [0.15, 0.2) is 5.13 Å². The van der Waals surface area contributed by atoms with Crippen LogP contribution in [-0.4, -0.2) is 103 Å². The number of anilines is 1. The molecule has 2 aromatic heterocycles. The van der Waals surface area contributed by atoms with E-state index in [9.17, 15) is 18.3 Å². The summed E-state index contributed by atoms with van der Waals surface area (Å²) in [7, 11) is -5.32. The molecular weight excluding hydrogens is 887 g/mol. The number of aromatic nitrogens is 5. The van der Waals surface area contributed by atoms with Gasteiger partial charge in [0.1, 0.15) is 27.0 Å². The molecule has 0 spiro atoms. The quantitative estimate of drug-likeness (QED) is 0.0744. The fourth-order valence-electron chi connectivity index (χ4n) is 6.75. The molecule has 1 unspecified atom stereocenters. The number of carbonyl (C=O) groups is 1. The molecule has 0 radical (unpaired) electrons. The van der Waals surface area contributed by atoms with Crippen molar-refractivity contribution in [3.63, 3.8) is 0 Å². The molecule has 0 aliphatic rings. The van der Waals surface area contributed by atoms with Crippen LogP contribution in [-0.2, 0) is 39.7 Å². The van der Waals surface area contributed by atoms with Crippen LogP contribution in [0.25, 0.3) is 32.7 Å². The minimum Gasteiger partial charge on any atom is -0.497 e. The number of nitrogens with two attached hydrogens (primary N) is 1. The predicted molar refractivity (Wildman–Crippen MR) is 238 cm³/mol. The van der Waals surface area contributed by atoms with Crippen molar-refractivity contribution in [1.29, 1.82) is 0 Å². The zero-order chi connectivity index (χ0) is 45.6. The second-order valence-corrected chi connectivity index (χ2v) is 18.8. The average Bonchev–Trinajstić information content (AvgIpc) is 3.93. The number of thiazole rings is 1. The Labute approximate surface area is 372 Å². The molecule has 22 heteroatoms. The molecule has 0 aliphatic heterocycles. The Bertz CT molecular complexity index is 2930. The molecule has 7 aromatic rings. The largest absolute Gasteiger partial charge is 0.497 e. The first-order valence-corrected chi connectivity index (χ1v) is 23.1. The number of aliphatic hydroxyl groups excluding tert-OH is 1. The lowest BCUT2D eigenvalue weighted by molar-refractivity contribution is 0.159. The van der Waals surface area contributed by atoms with E-state index in [4.69, 9.17) is 25.1 Å². The first kappa shape index (κ1) is 45.3. The van der Waals surface area contributed by atoms with Crippen molar-refractivity contribution in [3.05, 3.63) is 120 Å². The Morgan fingerprint density at radius 3 is 1.94 bits per heavy atom. The van der Waals surface area contributed by atoms with Crippen LogP contribution >= 0.6 is 11.3 Å². The van der Waals surface area contributed by atoms with Gasteiger partial charge < -0.3 is 35.5 Å². The van der Waals surface area contributed by atoms with Crippen LogP contribution < -0.4 is 30.0 Å². The van der Waals surface area contributed by atoms with Crippen molar-refractivity contribution < 1.29 is 46.1 Å². The second kappa shape index (κ2) is 19.4. The Morgan fingerprint density at radius 1 is 0.797 bits per heavy atom. The Morgan fingerprint density at radius 2 is 1.38 bits per heavy atom. The van der Waals surface area contributed by atoms with E-state index < -0.39 is 55.1 Å². The maximum Gasteiger partial charge on any atom is 0.404 e. The molecule has 19 nitrogen and oxygen atoms in total. The highest BCUT2D eigenvalue weighted by molar-refractivity contribution is 7.92. The monoisotopic (exact) mass is 929 g/mol. The number of carboxylic acid groups (broad SMARTS) is 1. The van der Waals surface area contributed by atoms with Gasteiger partial charge in [-0.2, -0.15) is 9.10 Å². The van der Waals surface area contributed by atoms with E-state index in [1.54, 1.807) is 98.1 Å². The summed E-state index contributed by atoms with van der Waals surface area (Å²) in [6.45, 7) is -1.61. The van der Waals surface area contributed by atoms with E-state index in [0.717, 1.165) is 15.9 Å². The molecule has 1 amide bonds. The summed E-state index contributed by atoms with van der Waals surface area (Å²) in [5, 5.41) is 35.1. The lowest BCUT2D eigenvalue weighted by Crippen LogP contribution is -2.40. The molecule has 0 saturated heterocycles. The average molecular weight is 930 g/mol. The number of hydrogen-bond acceptors (Lipinski definition) is 15. The van der Waals surface area contributed by atoms with Gasteiger partial charge >= 0.3 is 6.09 Å². The first-order chi connectivity index (χ1) is 30.7. The molecule has 5 aromatic carbocycles. The fraction of sp³-hybridized carbons (Fsp3) is 0.214. The molecule has 64 heavy (non-hydrogen) atoms. The van der Waals surface area contributed by atoms with Crippen LogP contribution in [0.1, 0.15) is 16.7 Å². The minimum absolute atomic E-state index is 0.0927. The van der Waals surface area contributed by atoms with Crippen molar-refractivity contribution in [2.75, 3.05) is 40.2 Å². The molecule has 2 heterocycles. The van der Waals surface area contributed by atoms with Crippen LogP contribution in [0.3, 0.4) is 0 Å². The number of benzene rings is 5. The van der Waals surface area contributed by atoms with Gasteiger partial charge in [-0.25, -0.2) is 31.3 Å². The maximum atomic E-state index is 15.9. The molecule has 334 valence electrons. The number of ether oxygens (including phenoxy) is 3. The summed E-state index contributed by atoms with van der Waals surface area (Å²) in [4.78, 5) is 15.5. The molecule has 0 aliphatic carbocycles. The number of tetrazole rings is 1. The second-order valence-electron chi connectivity index (χ2n) is 14.2. The Balaban J connectivity index is 1.49. The van der Waals surface area contributed by atoms with Crippen LogP contribution in [0.5, 0.6) is 17.2 Å². The van der Waals surface area contributed by atoms with Gasteiger partial charge in [-0.15, -0.1) is 10.2 Å². The fourth-order valence-corrected chi connectivity index (χ4v) is 11.0. The molecule has 7 rings (SSSR count). The summed E-state index contributed by atoms with van der Waals surface area (Å²) in [5.41, 5.74) is 8.79. The number of nitrogens with one attached hydrogen (secondary N) is 2. The number of nitrogens with zero attached hydrogens (tertiary/aromatic N) is 6. The van der Waals surface area contributed by atoms with Gasteiger partial charge in [-0.1, -0.05) is 65.9 Å². The number of nitrogen functional groups attached to an aromatic ring is 1. The molecule has 0 bridgehead atoms. The Hall–Kier alpha value is -6.69. The zero-order valence-corrected chi connectivity index (χ0v) is 37.0. The number of methoxy groups -OCH3 is 3. The summed E-state index contributed by atoms with van der Waals surface area (Å²) in [5.74, 6) is 1.45. The van der Waals surface area contributed by atoms with Crippen molar-refractivity contribution in [2.24, 2.45) is 0 Å². The van der Waals surface area contributed by atoms with Crippen molar-refractivity contribution in [2.45, 2.75) is 35.5 Å². The lowest BCUT2D eigenvalue weighted by atomic mass is 9.98. The van der Waals surface area contributed by atoms with Gasteiger partial charge in [-0.05, 0) is 76.0 Å². The summed E-state index contributed by atoms with van der Waals surface area (Å²) < 4.78 is 81.1. The zero-order valence-electron chi connectivity index (χ0n) is 34.6. The number of fused-ring (bicyclic) bond motifs is 1. The van der Waals surface area contributed by atoms with Gasteiger partial charge in [0.2, 0.25) is 25.9 Å². The predicted octanol–water partition coefficient (Wildman–Crippen LogP) is 4.57. The van der Waals surface area contributed by atoms with E-state index in [2.05, 4.69) is 25.1 Å². The van der Waals surface area contributed by atoms with Crippen molar-refractivity contribution in [3.8, 4) is 39.8 Å². The highest BCUT2D eigenvalue weighted by atomic mass is 32.2. The molecule has 6 N–H and O–H groups in total. The van der Waals surface area contributed by atoms with E-state index in [1.807, 2.05) is 5.32 Å². The Kier molecular flexibility index (Phi) is 13.7. The summed E-state index contributed by atoms with van der Waals surface area (Å²) in [6, 6.07) is 28.4. The highest BCUT2D eigenvalue weighted by Gasteiger charge is 2.38. The van der Waals surface area contributed by atoms with Crippen LogP contribution in [0, 0.1) is 0 Å². The summed E-state index contributed by atoms with van der Waals surface area (Å²) in [6.07, 6.45) is -2.97. The standard InChI is InChI=1S/C42H43N9O10S3/c1-59-30-13-7-26(8-14-30)23-50(24-27-9-15-31(60-2)16-10-27)64(57,58)39-36(63(55,56)45-22-29(52)21-44-42(53)54)20-19-33(34-5-4-6-35-38(34)46-41(43)62-35)37(39)40-47-49-51(48-40)25-28-11-17-32(61-3)18-12-28/h4-20,29,44-45,52H,21-25H2,1-3H3,(H2,43,46)(H,53,54). The van der Waals surface area contributed by atoms with Crippen molar-refractivity contribution >= 4 is 52.8 Å². The van der Waals surface area contributed by atoms with E-state index in [-0.39, 0.29) is 41.7 Å². The number of sulfonamides is 2. The third-order valence-corrected chi connectivity index (χ3v) is 14.3. The summed E-state index contributed by atoms with van der Waals surface area (Å²) >= 11 is 1.21. The molecular formula is C42H43N9O10S3. The van der Waals surface area contributed by atoms with Gasteiger partial charge in [0, 0.05) is 31.7 Å². The number of hydrogen-bond donors (Lipinski definition) is 5. The van der Waals surface area contributed by atoms with Gasteiger partial charge in [-0.3, -0.25) is 0 Å². The van der Waals surface area contributed by atoms with Crippen LogP contribution in [0.15, 0.2) is 113 Å². The number of amides is 1. The van der Waals surface area contributed by atoms with Crippen molar-refractivity contribution in [1.82, 2.24) is 39.5 Å². The number of rotatable bonds is 19. The lowest BCUT2D eigenvalue weighted by Gasteiger charge is -2.26. The third kappa shape index (κ3) is 10.2. The topological polar surface area (TPSA) is 263 Å². The van der Waals surface area contributed by atoms with Crippen LogP contribution in [0.4, 0.5) is 9.93 Å². The first-order valence-electron chi connectivity index (χ1n) is 19.3. The smallest absolute Gasteiger partial charge is 0.404 e. The van der Waals surface area contributed by atoms with E-state index >= 15 is 8.42 Å². The van der Waals surface area contributed by atoms with E-state index in [0.29, 0.717) is 44.2 Å². The number of aliphatic hydroxyl groups is 1. The molecule has 1 atom stereocenters. The van der Waals surface area contributed by atoms with E-state index in [1.165, 1.54) is 36.4 Å². The van der Waals surface area contributed by atoms with Gasteiger partial charge in [0.05, 0.1) is 49.8 Å². The minimum atomic E-state index is -4.99. The SMILES string of the molecule is COc1ccc(CN(Cc2ccc(OC)cc2)S(=O)(=O)c2c(S(=O)(=O)NCC(O)CNC(=O)O)ccc(-c3cccc4sc(N)nc34)c2-c2nnn(Cc3ccc(OC)cc3)n2)cc1. The van der Waals surface area contributed by atoms with Gasteiger partial charge in [0.25, 0.3) is 0 Å². The number of para-hydroxylation sites is 1. The maximum absolute atomic E-state index is 15.9. The molecule has 0 saturated carbocycles.